The summed E-state index contributed by atoms with van der Waals surface area (Å²) in [5.74, 6) is -2.22. The number of aliphatic carboxylic acids is 1. The first kappa shape index (κ1) is 14.7. The van der Waals surface area contributed by atoms with Gasteiger partial charge in [0.15, 0.2) is 0 Å². The van der Waals surface area contributed by atoms with Crippen molar-refractivity contribution >= 4 is 33.6 Å². The van der Waals surface area contributed by atoms with E-state index in [0.29, 0.717) is 10.2 Å². The van der Waals surface area contributed by atoms with E-state index in [2.05, 4.69) is 26.6 Å². The highest BCUT2D eigenvalue weighted by atomic mass is 79.9. The average molecular weight is 347 g/mol. The van der Waals surface area contributed by atoms with E-state index in [-0.39, 0.29) is 13.2 Å². The molecule has 0 spiro atoms. The van der Waals surface area contributed by atoms with Crippen molar-refractivity contribution in [3.63, 3.8) is 0 Å². The van der Waals surface area contributed by atoms with Crippen LogP contribution in [0.15, 0.2) is 22.7 Å². The summed E-state index contributed by atoms with van der Waals surface area (Å²) in [5, 5.41) is 14.0. The first-order chi connectivity index (χ1) is 9.47. The SMILES string of the molecule is O=C(Nc1ccc(F)cc1Br)NC1COCC1C(=O)O. The van der Waals surface area contributed by atoms with Crippen LogP contribution in [-0.4, -0.2) is 36.4 Å². The molecule has 6 nitrogen and oxygen atoms in total. The Morgan fingerprint density at radius 3 is 2.80 bits per heavy atom. The number of benzene rings is 1. The summed E-state index contributed by atoms with van der Waals surface area (Å²) in [6, 6.07) is 2.66. The topological polar surface area (TPSA) is 87.7 Å². The zero-order valence-electron chi connectivity index (χ0n) is 10.2. The summed E-state index contributed by atoms with van der Waals surface area (Å²) in [6.45, 7) is 0.218. The Kier molecular flexibility index (Phi) is 4.56. The molecule has 1 aromatic rings. The van der Waals surface area contributed by atoms with Gasteiger partial charge in [-0.1, -0.05) is 0 Å². The van der Waals surface area contributed by atoms with Gasteiger partial charge >= 0.3 is 12.0 Å². The van der Waals surface area contributed by atoms with E-state index in [0.717, 1.165) is 0 Å². The summed E-state index contributed by atoms with van der Waals surface area (Å²) in [4.78, 5) is 22.7. The smallest absolute Gasteiger partial charge is 0.319 e. The molecule has 20 heavy (non-hydrogen) atoms. The van der Waals surface area contributed by atoms with E-state index in [9.17, 15) is 14.0 Å². The Bertz CT molecular complexity index is 540. The zero-order chi connectivity index (χ0) is 14.7. The van der Waals surface area contributed by atoms with Crippen molar-refractivity contribution in [3.8, 4) is 0 Å². The van der Waals surface area contributed by atoms with Crippen molar-refractivity contribution in [1.82, 2.24) is 5.32 Å². The molecule has 1 heterocycles. The number of ether oxygens (including phenoxy) is 1. The maximum absolute atomic E-state index is 12.9. The lowest BCUT2D eigenvalue weighted by atomic mass is 10.0. The molecule has 0 radical (unpaired) electrons. The lowest BCUT2D eigenvalue weighted by Gasteiger charge is -2.16. The third-order valence-corrected chi connectivity index (χ3v) is 3.55. The van der Waals surface area contributed by atoms with E-state index in [1.165, 1.54) is 18.2 Å². The van der Waals surface area contributed by atoms with Crippen LogP contribution in [-0.2, 0) is 9.53 Å². The van der Waals surface area contributed by atoms with Gasteiger partial charge in [0.2, 0.25) is 0 Å². The van der Waals surface area contributed by atoms with Crippen LogP contribution in [0.1, 0.15) is 0 Å². The molecule has 1 aliphatic heterocycles. The fourth-order valence-corrected chi connectivity index (χ4v) is 2.31. The van der Waals surface area contributed by atoms with Crippen molar-refractivity contribution < 1.29 is 23.8 Å². The number of urea groups is 1. The van der Waals surface area contributed by atoms with E-state index >= 15 is 0 Å². The number of rotatable bonds is 3. The monoisotopic (exact) mass is 346 g/mol. The summed E-state index contributed by atoms with van der Waals surface area (Å²) >= 11 is 3.12. The molecule has 108 valence electrons. The standard InChI is InChI=1S/C12H12BrFN2O4/c13-8-3-6(14)1-2-9(8)15-12(19)16-10-5-20-4-7(10)11(17)18/h1-3,7,10H,4-5H2,(H,17,18)(H2,15,16,19). The molecule has 0 saturated carbocycles. The molecule has 0 bridgehead atoms. The molecule has 0 aliphatic carbocycles. The van der Waals surface area contributed by atoms with Crippen LogP contribution >= 0.6 is 15.9 Å². The number of carbonyl (C=O) groups excluding carboxylic acids is 1. The van der Waals surface area contributed by atoms with Crippen molar-refractivity contribution in [2.45, 2.75) is 6.04 Å². The molecule has 2 unspecified atom stereocenters. The number of nitrogens with one attached hydrogen (secondary N) is 2. The number of hydrogen-bond acceptors (Lipinski definition) is 3. The molecule has 1 aromatic carbocycles. The Morgan fingerprint density at radius 1 is 1.40 bits per heavy atom. The van der Waals surface area contributed by atoms with Gasteiger partial charge in [-0.3, -0.25) is 4.79 Å². The number of halogens is 2. The van der Waals surface area contributed by atoms with Gasteiger partial charge in [0.05, 0.1) is 24.9 Å². The van der Waals surface area contributed by atoms with Crippen molar-refractivity contribution in [1.29, 1.82) is 0 Å². The van der Waals surface area contributed by atoms with Gasteiger partial charge in [0, 0.05) is 4.47 Å². The summed E-state index contributed by atoms with van der Waals surface area (Å²) in [6.07, 6.45) is 0. The molecule has 3 N–H and O–H groups in total. The van der Waals surface area contributed by atoms with Crippen LogP contribution in [0.3, 0.4) is 0 Å². The minimum absolute atomic E-state index is 0.0700. The van der Waals surface area contributed by atoms with Crippen LogP contribution in [0.5, 0.6) is 0 Å². The van der Waals surface area contributed by atoms with Crippen molar-refractivity contribution in [3.05, 3.63) is 28.5 Å². The Balaban J connectivity index is 1.97. The highest BCUT2D eigenvalue weighted by Crippen LogP contribution is 2.23. The van der Waals surface area contributed by atoms with Crippen LogP contribution in [0.4, 0.5) is 14.9 Å². The second-order valence-corrected chi connectivity index (χ2v) is 5.17. The normalized spacial score (nSPS) is 21.5. The highest BCUT2D eigenvalue weighted by Gasteiger charge is 2.35. The first-order valence-corrected chi connectivity index (χ1v) is 6.60. The van der Waals surface area contributed by atoms with Crippen LogP contribution < -0.4 is 10.6 Å². The van der Waals surface area contributed by atoms with E-state index in [4.69, 9.17) is 9.84 Å². The van der Waals surface area contributed by atoms with Crippen molar-refractivity contribution in [2.24, 2.45) is 5.92 Å². The van der Waals surface area contributed by atoms with Gasteiger partial charge in [0.25, 0.3) is 0 Å². The Labute approximate surface area is 122 Å². The van der Waals surface area contributed by atoms with Gasteiger partial charge in [0.1, 0.15) is 11.7 Å². The predicted octanol–water partition coefficient (Wildman–Crippen LogP) is 1.81. The Morgan fingerprint density at radius 2 is 2.15 bits per heavy atom. The van der Waals surface area contributed by atoms with E-state index in [1.807, 2.05) is 0 Å². The Hall–Kier alpha value is -1.67. The lowest BCUT2D eigenvalue weighted by Crippen LogP contribution is -2.44. The molecular formula is C12H12BrFN2O4. The van der Waals surface area contributed by atoms with Gasteiger partial charge in [-0.25, -0.2) is 9.18 Å². The molecule has 2 atom stereocenters. The second kappa shape index (κ2) is 6.19. The molecule has 1 aliphatic rings. The lowest BCUT2D eigenvalue weighted by molar-refractivity contribution is -0.142. The zero-order valence-corrected chi connectivity index (χ0v) is 11.8. The molecule has 1 fully saturated rings. The number of carboxylic acid groups (broad SMARTS) is 1. The molecular weight excluding hydrogens is 335 g/mol. The number of carboxylic acids is 1. The van der Waals surface area contributed by atoms with Gasteiger partial charge in [-0.05, 0) is 34.1 Å². The third kappa shape index (κ3) is 3.45. The number of amides is 2. The molecule has 0 aromatic heterocycles. The number of anilines is 1. The van der Waals surface area contributed by atoms with Gasteiger partial charge in [-0.2, -0.15) is 0 Å². The van der Waals surface area contributed by atoms with Gasteiger partial charge in [-0.15, -0.1) is 0 Å². The first-order valence-electron chi connectivity index (χ1n) is 5.80. The molecule has 1 saturated heterocycles. The minimum Gasteiger partial charge on any atom is -0.481 e. The summed E-state index contributed by atoms with van der Waals surface area (Å²) in [5.41, 5.74) is 0.384. The van der Waals surface area contributed by atoms with Crippen molar-refractivity contribution in [2.75, 3.05) is 18.5 Å². The fraction of sp³-hybridized carbons (Fsp3) is 0.333. The largest absolute Gasteiger partial charge is 0.481 e. The van der Waals surface area contributed by atoms with E-state index in [1.54, 1.807) is 0 Å². The number of hydrogen-bond donors (Lipinski definition) is 3. The van der Waals surface area contributed by atoms with Crippen LogP contribution in [0.2, 0.25) is 0 Å². The summed E-state index contributed by atoms with van der Waals surface area (Å²) in [7, 11) is 0. The third-order valence-electron chi connectivity index (χ3n) is 2.89. The highest BCUT2D eigenvalue weighted by molar-refractivity contribution is 9.10. The second-order valence-electron chi connectivity index (χ2n) is 4.31. The predicted molar refractivity (Wildman–Crippen MR) is 72.0 cm³/mol. The quantitative estimate of drug-likeness (QED) is 0.778. The van der Waals surface area contributed by atoms with Crippen LogP contribution in [0, 0.1) is 11.7 Å². The molecule has 2 rings (SSSR count). The maximum atomic E-state index is 12.9. The molecule has 8 heteroatoms. The van der Waals surface area contributed by atoms with Crippen LogP contribution in [0.25, 0.3) is 0 Å². The van der Waals surface area contributed by atoms with Gasteiger partial charge < -0.3 is 20.5 Å². The maximum Gasteiger partial charge on any atom is 0.319 e. The number of carbonyl (C=O) groups is 2. The summed E-state index contributed by atoms with van der Waals surface area (Å²) < 4.78 is 18.3. The molecule has 2 amide bonds. The van der Waals surface area contributed by atoms with E-state index < -0.39 is 29.8 Å². The average Bonchev–Trinajstić information content (AvgIpc) is 2.81. The minimum atomic E-state index is -1.02. The fourth-order valence-electron chi connectivity index (χ4n) is 1.86.